The molecule has 1 fully saturated rings. The fraction of sp³-hybridized carbons (Fsp3) is 0.467. The molecule has 0 radical (unpaired) electrons. The fourth-order valence-corrected chi connectivity index (χ4v) is 2.60. The van der Waals surface area contributed by atoms with Gasteiger partial charge in [0.2, 0.25) is 5.91 Å². The third-order valence-electron chi connectivity index (χ3n) is 4.06. The van der Waals surface area contributed by atoms with E-state index in [9.17, 15) is 14.7 Å². The van der Waals surface area contributed by atoms with Crippen LogP contribution >= 0.6 is 0 Å². The summed E-state index contributed by atoms with van der Waals surface area (Å²) < 4.78 is 0. The Labute approximate surface area is 123 Å². The number of rotatable bonds is 5. The molecular formula is C15H20N2O4. The van der Waals surface area contributed by atoms with Gasteiger partial charge in [-0.05, 0) is 49.9 Å². The third-order valence-corrected chi connectivity index (χ3v) is 4.06. The largest absolute Gasteiger partial charge is 0.481 e. The van der Waals surface area contributed by atoms with Crippen LogP contribution in [0.4, 0.5) is 5.69 Å². The number of hydrogen-bond acceptors (Lipinski definition) is 4. The van der Waals surface area contributed by atoms with Crippen molar-refractivity contribution in [1.29, 1.82) is 0 Å². The van der Waals surface area contributed by atoms with E-state index in [1.807, 2.05) is 0 Å². The quantitative estimate of drug-likeness (QED) is 0.651. The molecule has 0 spiro atoms. The Kier molecular flexibility index (Phi) is 4.47. The maximum atomic E-state index is 11.0. The Bertz CT molecular complexity index is 519. The lowest BCUT2D eigenvalue weighted by molar-refractivity contribution is -0.144. The second kappa shape index (κ2) is 6.13. The summed E-state index contributed by atoms with van der Waals surface area (Å²) in [6, 6.07) is 6.70. The highest BCUT2D eigenvalue weighted by atomic mass is 16.4. The van der Waals surface area contributed by atoms with Gasteiger partial charge in [0.05, 0.1) is 11.5 Å². The van der Waals surface area contributed by atoms with Gasteiger partial charge in [0.25, 0.3) is 0 Å². The lowest BCUT2D eigenvalue weighted by atomic mass is 9.79. The van der Waals surface area contributed by atoms with Gasteiger partial charge in [0.15, 0.2) is 0 Å². The Morgan fingerprint density at radius 1 is 1.24 bits per heavy atom. The van der Waals surface area contributed by atoms with Crippen LogP contribution in [0.1, 0.15) is 36.0 Å². The highest BCUT2D eigenvalue weighted by Gasteiger charge is 2.35. The highest BCUT2D eigenvalue weighted by Crippen LogP contribution is 2.32. The van der Waals surface area contributed by atoms with Gasteiger partial charge in [0.1, 0.15) is 0 Å². The van der Waals surface area contributed by atoms with Crippen LogP contribution in [0, 0.1) is 5.92 Å². The van der Waals surface area contributed by atoms with Crippen LogP contribution in [0.5, 0.6) is 0 Å². The molecule has 1 saturated carbocycles. The van der Waals surface area contributed by atoms with Gasteiger partial charge in [-0.3, -0.25) is 9.59 Å². The summed E-state index contributed by atoms with van der Waals surface area (Å²) >= 11 is 0. The zero-order valence-electron chi connectivity index (χ0n) is 11.7. The second-order valence-electron chi connectivity index (χ2n) is 5.63. The van der Waals surface area contributed by atoms with E-state index in [2.05, 4.69) is 5.32 Å². The normalized spacial score (nSPS) is 25.3. The Morgan fingerprint density at radius 3 is 2.29 bits per heavy atom. The van der Waals surface area contributed by atoms with Crippen molar-refractivity contribution in [3.63, 3.8) is 0 Å². The van der Waals surface area contributed by atoms with E-state index in [0.29, 0.717) is 37.8 Å². The highest BCUT2D eigenvalue weighted by molar-refractivity contribution is 5.93. The third kappa shape index (κ3) is 3.95. The molecule has 0 saturated heterocycles. The molecule has 1 aliphatic carbocycles. The molecule has 0 aliphatic heterocycles. The average molecular weight is 292 g/mol. The number of nitrogens with two attached hydrogens (primary N) is 1. The van der Waals surface area contributed by atoms with Gasteiger partial charge in [-0.1, -0.05) is 0 Å². The Hall–Kier alpha value is -2.08. The van der Waals surface area contributed by atoms with Crippen molar-refractivity contribution in [1.82, 2.24) is 0 Å². The van der Waals surface area contributed by atoms with Crippen molar-refractivity contribution < 1.29 is 19.8 Å². The zero-order chi connectivity index (χ0) is 15.5. The van der Waals surface area contributed by atoms with Crippen LogP contribution in [-0.4, -0.2) is 34.2 Å². The molecule has 5 N–H and O–H groups in total. The van der Waals surface area contributed by atoms with Gasteiger partial charge in [-0.15, -0.1) is 0 Å². The van der Waals surface area contributed by atoms with Crippen molar-refractivity contribution >= 4 is 17.6 Å². The molecule has 1 aromatic rings. The molecule has 0 unspecified atom stereocenters. The molecule has 6 nitrogen and oxygen atoms in total. The van der Waals surface area contributed by atoms with Crippen LogP contribution in [0.25, 0.3) is 0 Å². The summed E-state index contributed by atoms with van der Waals surface area (Å²) in [5.74, 6) is -1.61. The summed E-state index contributed by atoms with van der Waals surface area (Å²) in [5.41, 5.74) is 5.50. The monoisotopic (exact) mass is 292 g/mol. The minimum absolute atomic E-state index is 0.347. The molecule has 1 amide bonds. The number of anilines is 1. The number of carbonyl (C=O) groups excluding carboxylic acids is 1. The smallest absolute Gasteiger partial charge is 0.306 e. The van der Waals surface area contributed by atoms with E-state index in [4.69, 9.17) is 10.8 Å². The van der Waals surface area contributed by atoms with Crippen LogP contribution in [0.15, 0.2) is 24.3 Å². The molecule has 0 heterocycles. The van der Waals surface area contributed by atoms with Crippen molar-refractivity contribution in [2.45, 2.75) is 31.3 Å². The summed E-state index contributed by atoms with van der Waals surface area (Å²) in [5, 5.41) is 22.5. The summed E-state index contributed by atoms with van der Waals surface area (Å²) in [6.45, 7) is 0.356. The molecule has 0 bridgehead atoms. The van der Waals surface area contributed by atoms with E-state index < -0.39 is 17.5 Å². The molecule has 2 rings (SSSR count). The van der Waals surface area contributed by atoms with Gasteiger partial charge in [-0.2, -0.15) is 0 Å². The molecular weight excluding hydrogens is 272 g/mol. The van der Waals surface area contributed by atoms with Crippen molar-refractivity contribution in [2.75, 3.05) is 11.9 Å². The Morgan fingerprint density at radius 2 is 1.81 bits per heavy atom. The number of nitrogens with one attached hydrogen (secondary N) is 1. The molecule has 1 aliphatic rings. The molecule has 114 valence electrons. The summed E-state index contributed by atoms with van der Waals surface area (Å²) in [4.78, 5) is 21.9. The molecule has 1 aromatic carbocycles. The van der Waals surface area contributed by atoms with Crippen molar-refractivity contribution in [2.24, 2.45) is 11.7 Å². The van der Waals surface area contributed by atoms with Gasteiger partial charge in [0, 0.05) is 17.8 Å². The van der Waals surface area contributed by atoms with E-state index in [1.54, 1.807) is 24.3 Å². The summed E-state index contributed by atoms with van der Waals surface area (Å²) in [6.07, 6.45) is 1.93. The standard InChI is InChI=1S/C15H20N2O4/c16-13(18)10-1-3-12(4-2-10)17-9-15(21)7-5-11(6-8-15)14(19)20/h1-4,11,17,21H,5-9H2,(H2,16,18)(H,19,20). The molecule has 0 aromatic heterocycles. The topological polar surface area (TPSA) is 113 Å². The van der Waals surface area contributed by atoms with Crippen LogP contribution in [0.2, 0.25) is 0 Å². The van der Waals surface area contributed by atoms with Crippen molar-refractivity contribution in [3.05, 3.63) is 29.8 Å². The lowest BCUT2D eigenvalue weighted by Gasteiger charge is -2.35. The number of primary amides is 1. The van der Waals surface area contributed by atoms with Crippen molar-refractivity contribution in [3.8, 4) is 0 Å². The number of aliphatic hydroxyl groups is 1. The van der Waals surface area contributed by atoms with Crippen LogP contribution < -0.4 is 11.1 Å². The molecule has 6 heteroatoms. The number of carboxylic acid groups (broad SMARTS) is 1. The van der Waals surface area contributed by atoms with Crippen LogP contribution in [-0.2, 0) is 4.79 Å². The fourth-order valence-electron chi connectivity index (χ4n) is 2.60. The lowest BCUT2D eigenvalue weighted by Crippen LogP contribution is -2.41. The first-order chi connectivity index (χ1) is 9.89. The van der Waals surface area contributed by atoms with E-state index >= 15 is 0 Å². The minimum Gasteiger partial charge on any atom is -0.481 e. The first-order valence-corrected chi connectivity index (χ1v) is 6.98. The average Bonchev–Trinajstić information content (AvgIpc) is 2.46. The number of carboxylic acids is 1. The molecule has 0 atom stereocenters. The first kappa shape index (κ1) is 15.3. The Balaban J connectivity index is 1.88. The van der Waals surface area contributed by atoms with E-state index in [1.165, 1.54) is 0 Å². The van der Waals surface area contributed by atoms with E-state index in [-0.39, 0.29) is 5.92 Å². The molecule has 21 heavy (non-hydrogen) atoms. The second-order valence-corrected chi connectivity index (χ2v) is 5.63. The maximum Gasteiger partial charge on any atom is 0.306 e. The zero-order valence-corrected chi connectivity index (χ0v) is 11.7. The van der Waals surface area contributed by atoms with Gasteiger partial charge < -0.3 is 21.3 Å². The number of hydrogen-bond donors (Lipinski definition) is 4. The number of amides is 1. The maximum absolute atomic E-state index is 11.0. The summed E-state index contributed by atoms with van der Waals surface area (Å²) in [7, 11) is 0. The number of carbonyl (C=O) groups is 2. The first-order valence-electron chi connectivity index (χ1n) is 6.98. The number of aliphatic carboxylic acids is 1. The van der Waals surface area contributed by atoms with Crippen LogP contribution in [0.3, 0.4) is 0 Å². The van der Waals surface area contributed by atoms with Gasteiger partial charge >= 0.3 is 5.97 Å². The van der Waals surface area contributed by atoms with E-state index in [0.717, 1.165) is 5.69 Å². The number of benzene rings is 1. The van der Waals surface area contributed by atoms with Gasteiger partial charge in [-0.25, -0.2) is 0 Å². The SMILES string of the molecule is NC(=O)c1ccc(NCC2(O)CCC(C(=O)O)CC2)cc1. The minimum atomic E-state index is -0.881. The predicted molar refractivity (Wildman–Crippen MR) is 78.0 cm³/mol. The predicted octanol–water partition coefficient (Wildman–Crippen LogP) is 1.20.